The average Bonchev–Trinajstić information content (AvgIpc) is 3.03. The normalized spacial score (nSPS) is 14.7. The van der Waals surface area contributed by atoms with Crippen LogP contribution in [0.1, 0.15) is 10.5 Å². The summed E-state index contributed by atoms with van der Waals surface area (Å²) in [5.41, 5.74) is 1.23. The Morgan fingerprint density at radius 1 is 1.12 bits per heavy atom. The van der Waals surface area contributed by atoms with E-state index in [2.05, 4.69) is 15.2 Å². The monoisotopic (exact) mass is 349 g/mol. The van der Waals surface area contributed by atoms with E-state index in [1.54, 1.807) is 4.90 Å². The molecule has 1 aromatic heterocycles. The van der Waals surface area contributed by atoms with E-state index in [9.17, 15) is 9.59 Å². The van der Waals surface area contributed by atoms with Crippen LogP contribution in [0.25, 0.3) is 0 Å². The molecule has 0 saturated carbocycles. The highest BCUT2D eigenvalue weighted by atomic mass is 35.5. The first-order valence-electron chi connectivity index (χ1n) is 7.44. The zero-order chi connectivity index (χ0) is 17.1. The molecule has 3 rings (SSSR count). The van der Waals surface area contributed by atoms with Crippen LogP contribution >= 0.6 is 11.6 Å². The summed E-state index contributed by atoms with van der Waals surface area (Å²) in [5.74, 6) is -1.27. The molecular weight excluding hydrogens is 334 g/mol. The number of benzene rings is 1. The Bertz CT molecular complexity index is 738. The van der Waals surface area contributed by atoms with E-state index < -0.39 is 5.97 Å². The second kappa shape index (κ2) is 6.88. The molecule has 126 valence electrons. The molecule has 1 aliphatic heterocycles. The summed E-state index contributed by atoms with van der Waals surface area (Å²) in [6.07, 6.45) is 1.36. The van der Waals surface area contributed by atoms with Crippen LogP contribution in [0, 0.1) is 0 Å². The molecule has 24 heavy (non-hydrogen) atoms. The van der Waals surface area contributed by atoms with Crippen molar-refractivity contribution in [3.8, 4) is 0 Å². The highest BCUT2D eigenvalue weighted by molar-refractivity contribution is 6.30. The zero-order valence-electron chi connectivity index (χ0n) is 12.8. The maximum Gasteiger partial charge on any atom is 0.325 e. The number of amides is 1. The highest BCUT2D eigenvalue weighted by Gasteiger charge is 2.24. The third-order valence-electron chi connectivity index (χ3n) is 3.81. The summed E-state index contributed by atoms with van der Waals surface area (Å²) in [4.78, 5) is 26.9. The molecule has 8 nitrogen and oxygen atoms in total. The number of aromatic nitrogens is 3. The van der Waals surface area contributed by atoms with E-state index in [1.807, 2.05) is 24.3 Å². The lowest BCUT2D eigenvalue weighted by Gasteiger charge is -2.35. The van der Waals surface area contributed by atoms with E-state index in [-0.39, 0.29) is 18.1 Å². The van der Waals surface area contributed by atoms with Crippen molar-refractivity contribution in [3.05, 3.63) is 41.2 Å². The fraction of sp³-hybridized carbons (Fsp3) is 0.333. The van der Waals surface area contributed by atoms with Crippen molar-refractivity contribution in [2.45, 2.75) is 6.54 Å². The molecule has 1 amide bonds. The molecule has 0 spiro atoms. The Morgan fingerprint density at radius 3 is 2.42 bits per heavy atom. The van der Waals surface area contributed by atoms with Gasteiger partial charge in [0.1, 0.15) is 6.54 Å². The van der Waals surface area contributed by atoms with Gasteiger partial charge in [-0.1, -0.05) is 16.8 Å². The molecule has 1 saturated heterocycles. The minimum Gasteiger partial charge on any atom is -0.480 e. The van der Waals surface area contributed by atoms with Crippen LogP contribution in [0.15, 0.2) is 30.5 Å². The lowest BCUT2D eigenvalue weighted by molar-refractivity contribution is -0.137. The number of halogens is 1. The maximum absolute atomic E-state index is 12.4. The van der Waals surface area contributed by atoms with Crippen LogP contribution in [0.4, 0.5) is 5.69 Å². The van der Waals surface area contributed by atoms with Crippen molar-refractivity contribution in [3.63, 3.8) is 0 Å². The Morgan fingerprint density at radius 2 is 1.79 bits per heavy atom. The fourth-order valence-electron chi connectivity index (χ4n) is 2.59. The van der Waals surface area contributed by atoms with Crippen LogP contribution in [0.3, 0.4) is 0 Å². The first-order chi connectivity index (χ1) is 11.5. The third-order valence-corrected chi connectivity index (χ3v) is 4.07. The summed E-state index contributed by atoms with van der Waals surface area (Å²) in [6, 6.07) is 7.60. The van der Waals surface area contributed by atoms with E-state index in [0.717, 1.165) is 10.4 Å². The molecule has 0 bridgehead atoms. The van der Waals surface area contributed by atoms with Gasteiger partial charge in [0.2, 0.25) is 0 Å². The number of carboxylic acids is 1. The van der Waals surface area contributed by atoms with Gasteiger partial charge in [-0.25, -0.2) is 4.68 Å². The van der Waals surface area contributed by atoms with E-state index in [1.165, 1.54) is 6.20 Å². The van der Waals surface area contributed by atoms with Gasteiger partial charge in [-0.2, -0.15) is 0 Å². The molecule has 0 unspecified atom stereocenters. The number of piperazine rings is 1. The summed E-state index contributed by atoms with van der Waals surface area (Å²) in [5, 5.41) is 16.8. The maximum atomic E-state index is 12.4. The van der Waals surface area contributed by atoms with Gasteiger partial charge in [-0.3, -0.25) is 9.59 Å². The number of carboxylic acid groups (broad SMARTS) is 1. The number of hydrogen-bond donors (Lipinski definition) is 1. The van der Waals surface area contributed by atoms with Crippen LogP contribution in [-0.4, -0.2) is 63.1 Å². The van der Waals surface area contributed by atoms with Gasteiger partial charge >= 0.3 is 5.97 Å². The molecule has 1 aromatic carbocycles. The largest absolute Gasteiger partial charge is 0.480 e. The summed E-state index contributed by atoms with van der Waals surface area (Å²) >= 11 is 5.89. The summed E-state index contributed by atoms with van der Waals surface area (Å²) in [6.45, 7) is 2.22. The average molecular weight is 350 g/mol. The second-order valence-corrected chi connectivity index (χ2v) is 5.89. The van der Waals surface area contributed by atoms with Crippen molar-refractivity contribution >= 4 is 29.2 Å². The molecule has 2 aromatic rings. The minimum absolute atomic E-state index is 0.163. The lowest BCUT2D eigenvalue weighted by atomic mass is 10.2. The predicted molar refractivity (Wildman–Crippen MR) is 87.2 cm³/mol. The van der Waals surface area contributed by atoms with Gasteiger partial charge < -0.3 is 14.9 Å². The number of anilines is 1. The number of nitrogens with zero attached hydrogens (tertiary/aromatic N) is 5. The van der Waals surface area contributed by atoms with E-state index in [0.29, 0.717) is 31.2 Å². The van der Waals surface area contributed by atoms with Gasteiger partial charge in [0.25, 0.3) is 5.91 Å². The molecule has 1 N–H and O–H groups in total. The first-order valence-corrected chi connectivity index (χ1v) is 7.82. The van der Waals surface area contributed by atoms with Crippen molar-refractivity contribution in [2.24, 2.45) is 0 Å². The molecule has 9 heteroatoms. The fourth-order valence-corrected chi connectivity index (χ4v) is 2.72. The summed E-state index contributed by atoms with van der Waals surface area (Å²) < 4.78 is 1.14. The van der Waals surface area contributed by atoms with Gasteiger partial charge in [0.05, 0.1) is 6.20 Å². The molecule has 2 heterocycles. The predicted octanol–water partition coefficient (Wildman–Crippen LogP) is 0.979. The Labute approximate surface area is 143 Å². The van der Waals surface area contributed by atoms with Crippen LogP contribution in [-0.2, 0) is 11.3 Å². The molecule has 1 aliphatic rings. The Kier molecular flexibility index (Phi) is 4.66. The van der Waals surface area contributed by atoms with E-state index >= 15 is 0 Å². The number of aliphatic carboxylic acids is 1. The number of hydrogen-bond acceptors (Lipinski definition) is 5. The SMILES string of the molecule is O=C(O)Cn1cc(C(=O)N2CCN(c3ccc(Cl)cc3)CC2)nn1. The first kappa shape index (κ1) is 16.3. The van der Waals surface area contributed by atoms with Crippen molar-refractivity contribution < 1.29 is 14.7 Å². The van der Waals surface area contributed by atoms with Crippen LogP contribution in [0.5, 0.6) is 0 Å². The number of carbonyl (C=O) groups is 2. The van der Waals surface area contributed by atoms with Gasteiger partial charge in [0.15, 0.2) is 5.69 Å². The third kappa shape index (κ3) is 3.65. The quantitative estimate of drug-likeness (QED) is 0.884. The number of carbonyl (C=O) groups excluding carboxylic acids is 1. The van der Waals surface area contributed by atoms with Crippen molar-refractivity contribution in [1.29, 1.82) is 0 Å². The lowest BCUT2D eigenvalue weighted by Crippen LogP contribution is -2.48. The van der Waals surface area contributed by atoms with Crippen molar-refractivity contribution in [1.82, 2.24) is 19.9 Å². The standard InChI is InChI=1S/C15H16ClN5O3/c16-11-1-3-12(4-2-11)19-5-7-20(8-6-19)15(24)13-9-21(18-17-13)10-14(22)23/h1-4,9H,5-8,10H2,(H,22,23). The molecule has 0 atom stereocenters. The van der Waals surface area contributed by atoms with Gasteiger partial charge in [0, 0.05) is 36.9 Å². The Hall–Kier alpha value is -2.61. The smallest absolute Gasteiger partial charge is 0.325 e. The molecule has 1 fully saturated rings. The van der Waals surface area contributed by atoms with Crippen LogP contribution < -0.4 is 4.90 Å². The molecular formula is C15H16ClN5O3. The van der Waals surface area contributed by atoms with E-state index in [4.69, 9.17) is 16.7 Å². The van der Waals surface area contributed by atoms with Crippen molar-refractivity contribution in [2.75, 3.05) is 31.1 Å². The highest BCUT2D eigenvalue weighted by Crippen LogP contribution is 2.19. The molecule has 0 aliphatic carbocycles. The van der Waals surface area contributed by atoms with Gasteiger partial charge in [-0.15, -0.1) is 5.10 Å². The van der Waals surface area contributed by atoms with Crippen LogP contribution in [0.2, 0.25) is 5.02 Å². The number of rotatable bonds is 4. The zero-order valence-corrected chi connectivity index (χ0v) is 13.6. The van der Waals surface area contributed by atoms with Gasteiger partial charge in [-0.05, 0) is 24.3 Å². The Balaban J connectivity index is 1.59. The minimum atomic E-state index is -1.03. The second-order valence-electron chi connectivity index (χ2n) is 5.45. The summed E-state index contributed by atoms with van der Waals surface area (Å²) in [7, 11) is 0. The topological polar surface area (TPSA) is 91.6 Å². The molecule has 0 radical (unpaired) electrons.